The molecule has 1 rings (SSSR count). The molecule has 0 saturated carbocycles. The zero-order chi connectivity index (χ0) is 16.2. The first-order valence-electron chi connectivity index (χ1n) is 6.68. The minimum Gasteiger partial charge on any atom is -0.326 e. The number of aryl methyl sites for hydroxylation is 1. The fourth-order valence-electron chi connectivity index (χ4n) is 1.82. The number of carbonyl (C=O) groups is 1. The molecule has 6 nitrogen and oxygen atoms in total. The van der Waals surface area contributed by atoms with E-state index in [9.17, 15) is 13.2 Å². The highest BCUT2D eigenvalue weighted by Crippen LogP contribution is 2.22. The fraction of sp³-hybridized carbons (Fsp3) is 0.500. The summed E-state index contributed by atoms with van der Waals surface area (Å²) in [5.74, 6) is -0.355. The fourth-order valence-corrected chi connectivity index (χ4v) is 2.96. The van der Waals surface area contributed by atoms with Crippen molar-refractivity contribution in [3.05, 3.63) is 23.8 Å². The molecule has 0 fully saturated rings. The van der Waals surface area contributed by atoms with Crippen LogP contribution < -0.4 is 10.6 Å². The van der Waals surface area contributed by atoms with Crippen LogP contribution in [0.5, 0.6) is 0 Å². The van der Waals surface area contributed by atoms with Crippen molar-refractivity contribution in [1.82, 2.24) is 9.62 Å². The first kappa shape index (κ1) is 17.6. The second-order valence-electron chi connectivity index (χ2n) is 5.22. The number of hydrogen-bond acceptors (Lipinski definition) is 4. The van der Waals surface area contributed by atoms with Crippen molar-refractivity contribution in [3.8, 4) is 0 Å². The van der Waals surface area contributed by atoms with Crippen LogP contribution in [0.15, 0.2) is 23.1 Å². The molecule has 1 aromatic rings. The van der Waals surface area contributed by atoms with Gasteiger partial charge in [-0.2, -0.15) is 0 Å². The number of carbonyl (C=O) groups excluding carboxylic acids is 1. The quantitative estimate of drug-likeness (QED) is 0.822. The van der Waals surface area contributed by atoms with Gasteiger partial charge in [0.15, 0.2) is 0 Å². The molecule has 1 unspecified atom stereocenters. The summed E-state index contributed by atoms with van der Waals surface area (Å²) in [5.41, 5.74) is 1.12. The smallest absolute Gasteiger partial charge is 0.242 e. The summed E-state index contributed by atoms with van der Waals surface area (Å²) in [6.45, 7) is 4.09. The number of amides is 1. The van der Waals surface area contributed by atoms with Gasteiger partial charge in [0.2, 0.25) is 15.9 Å². The normalized spacial score (nSPS) is 13.2. The molecule has 0 aromatic heterocycles. The summed E-state index contributed by atoms with van der Waals surface area (Å²) in [6.07, 6.45) is 0. The zero-order valence-electron chi connectivity index (χ0n) is 13.1. The van der Waals surface area contributed by atoms with Crippen molar-refractivity contribution in [1.29, 1.82) is 0 Å². The molecule has 1 amide bonds. The lowest BCUT2D eigenvalue weighted by molar-refractivity contribution is -0.119. The summed E-state index contributed by atoms with van der Waals surface area (Å²) in [6, 6.07) is 4.89. The van der Waals surface area contributed by atoms with Crippen LogP contribution in [0.2, 0.25) is 0 Å². The molecule has 0 bridgehead atoms. The van der Waals surface area contributed by atoms with Crippen LogP contribution in [0.1, 0.15) is 12.5 Å². The van der Waals surface area contributed by atoms with E-state index in [1.54, 1.807) is 33.0 Å². The van der Waals surface area contributed by atoms with Crippen LogP contribution in [-0.4, -0.2) is 46.3 Å². The maximum Gasteiger partial charge on any atom is 0.242 e. The van der Waals surface area contributed by atoms with Crippen molar-refractivity contribution in [2.45, 2.75) is 18.7 Å². The third kappa shape index (κ3) is 4.26. The first-order valence-corrected chi connectivity index (χ1v) is 8.12. The van der Waals surface area contributed by atoms with Gasteiger partial charge in [-0.15, -0.1) is 0 Å². The van der Waals surface area contributed by atoms with Gasteiger partial charge in [0, 0.05) is 32.2 Å². The molecule has 0 heterocycles. The largest absolute Gasteiger partial charge is 0.326 e. The monoisotopic (exact) mass is 313 g/mol. The third-order valence-electron chi connectivity index (χ3n) is 3.17. The third-order valence-corrected chi connectivity index (χ3v) is 5.13. The topological polar surface area (TPSA) is 78.5 Å². The van der Waals surface area contributed by atoms with Gasteiger partial charge in [-0.05, 0) is 31.7 Å². The highest BCUT2D eigenvalue weighted by molar-refractivity contribution is 7.89. The molecule has 7 heteroatoms. The zero-order valence-corrected chi connectivity index (χ0v) is 13.9. The van der Waals surface area contributed by atoms with E-state index in [1.165, 1.54) is 20.2 Å². The van der Waals surface area contributed by atoms with Gasteiger partial charge >= 0.3 is 0 Å². The standard InChI is InChI=1S/C14H23N3O3S/c1-10-6-7-12(16-14(18)11(2)9-15-3)8-13(10)21(19,20)17(4)5/h6-8,11,15H,9H2,1-5H3,(H,16,18). The molecular formula is C14H23N3O3S. The van der Waals surface area contributed by atoms with E-state index in [0.29, 0.717) is 17.8 Å². The van der Waals surface area contributed by atoms with Gasteiger partial charge < -0.3 is 10.6 Å². The van der Waals surface area contributed by atoms with E-state index in [-0.39, 0.29) is 16.7 Å². The van der Waals surface area contributed by atoms with E-state index in [1.807, 2.05) is 0 Å². The first-order chi connectivity index (χ1) is 9.70. The Labute approximate surface area is 126 Å². The lowest BCUT2D eigenvalue weighted by atomic mass is 10.1. The minimum absolute atomic E-state index is 0.151. The van der Waals surface area contributed by atoms with Gasteiger partial charge in [0.1, 0.15) is 0 Å². The molecule has 0 aliphatic rings. The Balaban J connectivity index is 3.06. The van der Waals surface area contributed by atoms with E-state index in [0.717, 1.165) is 4.31 Å². The highest BCUT2D eigenvalue weighted by Gasteiger charge is 2.21. The number of rotatable bonds is 6. The van der Waals surface area contributed by atoms with Crippen molar-refractivity contribution >= 4 is 21.6 Å². The van der Waals surface area contributed by atoms with Gasteiger partial charge in [0.25, 0.3) is 0 Å². The Hall–Kier alpha value is -1.44. The molecule has 1 atom stereocenters. The van der Waals surface area contributed by atoms with Gasteiger partial charge in [-0.25, -0.2) is 12.7 Å². The van der Waals surface area contributed by atoms with Crippen LogP contribution in [0.4, 0.5) is 5.69 Å². The molecule has 1 aromatic carbocycles. The summed E-state index contributed by atoms with van der Waals surface area (Å²) >= 11 is 0. The molecule has 2 N–H and O–H groups in total. The number of sulfonamides is 1. The maximum absolute atomic E-state index is 12.2. The molecule has 21 heavy (non-hydrogen) atoms. The molecule has 0 spiro atoms. The lowest BCUT2D eigenvalue weighted by Crippen LogP contribution is -2.29. The Morgan fingerprint density at radius 3 is 2.48 bits per heavy atom. The van der Waals surface area contributed by atoms with Crippen LogP contribution in [0.3, 0.4) is 0 Å². The second-order valence-corrected chi connectivity index (χ2v) is 7.34. The Kier molecular flexibility index (Phi) is 5.88. The predicted molar refractivity (Wildman–Crippen MR) is 83.8 cm³/mol. The Morgan fingerprint density at radius 1 is 1.33 bits per heavy atom. The number of hydrogen-bond donors (Lipinski definition) is 2. The molecule has 0 saturated heterocycles. The number of anilines is 1. The predicted octanol–water partition coefficient (Wildman–Crippen LogP) is 1.04. The van der Waals surface area contributed by atoms with Gasteiger partial charge in [0.05, 0.1) is 4.90 Å². The van der Waals surface area contributed by atoms with E-state index in [2.05, 4.69) is 10.6 Å². The summed E-state index contributed by atoms with van der Waals surface area (Å²) in [4.78, 5) is 12.2. The average Bonchev–Trinajstić information content (AvgIpc) is 2.40. The summed E-state index contributed by atoms with van der Waals surface area (Å²) < 4.78 is 25.6. The SMILES string of the molecule is CNCC(C)C(=O)Nc1ccc(C)c(S(=O)(=O)N(C)C)c1. The molecule has 0 aliphatic carbocycles. The number of nitrogens with one attached hydrogen (secondary N) is 2. The van der Waals surface area contributed by atoms with E-state index < -0.39 is 10.0 Å². The highest BCUT2D eigenvalue weighted by atomic mass is 32.2. The van der Waals surface area contributed by atoms with Crippen molar-refractivity contribution in [2.24, 2.45) is 5.92 Å². The molecular weight excluding hydrogens is 290 g/mol. The number of nitrogens with zero attached hydrogens (tertiary/aromatic N) is 1. The van der Waals surface area contributed by atoms with Gasteiger partial charge in [-0.3, -0.25) is 4.79 Å². The second kappa shape index (κ2) is 7.02. The van der Waals surface area contributed by atoms with E-state index >= 15 is 0 Å². The molecule has 0 radical (unpaired) electrons. The molecule has 0 aliphatic heterocycles. The van der Waals surface area contributed by atoms with Gasteiger partial charge in [-0.1, -0.05) is 13.0 Å². The average molecular weight is 313 g/mol. The minimum atomic E-state index is -3.53. The number of benzene rings is 1. The van der Waals surface area contributed by atoms with Crippen LogP contribution in [0.25, 0.3) is 0 Å². The van der Waals surface area contributed by atoms with E-state index in [4.69, 9.17) is 0 Å². The van der Waals surface area contributed by atoms with Crippen molar-refractivity contribution in [2.75, 3.05) is 33.0 Å². The van der Waals surface area contributed by atoms with Crippen molar-refractivity contribution < 1.29 is 13.2 Å². The maximum atomic E-state index is 12.2. The Bertz CT molecular complexity index is 612. The molecule has 118 valence electrons. The summed E-state index contributed by atoms with van der Waals surface area (Å²) in [7, 11) is 1.21. The lowest BCUT2D eigenvalue weighted by Gasteiger charge is -2.16. The Morgan fingerprint density at radius 2 is 1.95 bits per heavy atom. The van der Waals surface area contributed by atoms with Crippen LogP contribution >= 0.6 is 0 Å². The van der Waals surface area contributed by atoms with Crippen molar-refractivity contribution in [3.63, 3.8) is 0 Å². The van der Waals surface area contributed by atoms with Crippen LogP contribution in [0, 0.1) is 12.8 Å². The van der Waals surface area contributed by atoms with Crippen LogP contribution in [-0.2, 0) is 14.8 Å². The summed E-state index contributed by atoms with van der Waals surface area (Å²) in [5, 5.41) is 5.67.